The molecule has 15 amide bonds. The van der Waals surface area contributed by atoms with Crippen LogP contribution < -0.4 is 53.6 Å². The van der Waals surface area contributed by atoms with Gasteiger partial charge in [0, 0.05) is 109 Å². The molecule has 4 heterocycles. The van der Waals surface area contributed by atoms with Gasteiger partial charge < -0.3 is 109 Å². The summed E-state index contributed by atoms with van der Waals surface area (Å²) in [4.78, 5) is 257. The predicted molar refractivity (Wildman–Crippen MR) is 475 cm³/mol. The molecule has 133 heavy (non-hydrogen) atoms. The van der Waals surface area contributed by atoms with E-state index in [0.29, 0.717) is 57.9 Å². The lowest BCUT2D eigenvalue weighted by Crippen LogP contribution is -2.62. The van der Waals surface area contributed by atoms with E-state index in [2.05, 4.69) is 52.8 Å². The standard InChI is InChI=1S/C91H113F3N16O22S/c1-7-8-24-69-90(131)110-46-56(113)42-71(110)86(127)103-65(43-76(118)119)83(124)105-78(49(2)3)91(132)107(5)70(39-50-18-11-9-12-19-50)85(126)100-62(30-31-75(116)117)88(129)109-33-17-25-68(109)84(125)102-64(41-54-44-96-60-23-16-15-22-57(54)60)82(123)101-63(37-52-26-28-55(112)29-27-52)81(122)99-61(32-34-111)80(121)104-67(79(120)97-45-73(95)114)47-133-48-74(115)98-66(38-53-35-58(92)77(94)59(93)36-53)87(128)108(6)72(89(130)106(69)4)40-51-20-13-10-14-21-51/h9-16,18-23,26-29,35-36,44,49,56,61-72,78,96,111-113H,7-8,17,24-25,30-34,37-43,45-48H2,1-6H3,(H2,95,114)(H,97,120)(H,98,115)(H,99,122)(H,100,126)(H,101,123)(H,102,125)(H,103,127)(H,104,121)(H,105,124)(H,116,117)(H,118,119)/t56-,61-,62+,63+,64+,65+,66-,67+,68-,69+,70-,71-,72+,78+/m1/s1. The summed E-state index contributed by atoms with van der Waals surface area (Å²) in [6.07, 6.45) is -5.31. The maximum Gasteiger partial charge on any atom is 0.305 e. The summed E-state index contributed by atoms with van der Waals surface area (Å²) in [6.45, 7) is 2.32. The first-order valence-electron chi connectivity index (χ1n) is 43.5. The molecule has 14 atom stereocenters. The summed E-state index contributed by atoms with van der Waals surface area (Å²) in [5.74, 6) is -27.0. The Bertz CT molecular complexity index is 5190. The smallest absolute Gasteiger partial charge is 0.305 e. The number of H-pyrrole nitrogens is 1. The molecule has 9 rings (SSSR count). The van der Waals surface area contributed by atoms with E-state index in [1.54, 1.807) is 98.0 Å². The monoisotopic (exact) mass is 1870 g/mol. The van der Waals surface area contributed by atoms with Gasteiger partial charge in [-0.05, 0) is 96.2 Å². The first-order valence-corrected chi connectivity index (χ1v) is 44.6. The van der Waals surface area contributed by atoms with Crippen molar-refractivity contribution in [3.05, 3.63) is 173 Å². The lowest BCUT2D eigenvalue weighted by atomic mass is 9.98. The number of aromatic hydroxyl groups is 1. The van der Waals surface area contributed by atoms with Crippen molar-refractivity contribution in [1.29, 1.82) is 0 Å². The van der Waals surface area contributed by atoms with Gasteiger partial charge in [-0.3, -0.25) is 81.5 Å². The van der Waals surface area contributed by atoms with Crippen LogP contribution in [0.4, 0.5) is 13.2 Å². The fraction of sp³-hybridized carbons (Fsp3) is 0.462. The molecule has 3 aliphatic heterocycles. The van der Waals surface area contributed by atoms with Crippen molar-refractivity contribution in [2.45, 2.75) is 202 Å². The number of fused-ring (bicyclic) bond motifs is 3. The van der Waals surface area contributed by atoms with E-state index in [4.69, 9.17) is 5.73 Å². The first-order chi connectivity index (χ1) is 63.2. The number of aliphatic hydroxyl groups is 2. The van der Waals surface area contributed by atoms with Crippen LogP contribution in [0.5, 0.6) is 5.75 Å². The normalized spacial score (nSPS) is 24.1. The van der Waals surface area contributed by atoms with Gasteiger partial charge in [0.15, 0.2) is 17.5 Å². The minimum absolute atomic E-state index is 0.0820. The molecule has 0 bridgehead atoms. The molecule has 0 aliphatic carbocycles. The Hall–Kier alpha value is -13.5. The van der Waals surface area contributed by atoms with Crippen molar-refractivity contribution in [2.24, 2.45) is 11.7 Å². The van der Waals surface area contributed by atoms with E-state index < -0.39 is 290 Å². The second-order valence-corrected chi connectivity index (χ2v) is 34.5. The number of halogens is 3. The molecule has 5 aromatic carbocycles. The number of carboxylic acid groups (broad SMARTS) is 2. The molecule has 3 fully saturated rings. The Labute approximate surface area is 767 Å². The Morgan fingerprint density at radius 3 is 1.71 bits per heavy atom. The molecular formula is C91H113F3N16O22S. The summed E-state index contributed by atoms with van der Waals surface area (Å²) in [6, 6.07) is 6.96. The fourth-order valence-corrected chi connectivity index (χ4v) is 17.0. The molecular weight excluding hydrogens is 1760 g/mol. The molecule has 38 nitrogen and oxygen atoms in total. The van der Waals surface area contributed by atoms with E-state index in [1.807, 2.05) is 0 Å². The van der Waals surface area contributed by atoms with Crippen LogP contribution >= 0.6 is 11.8 Å². The molecule has 6 aromatic rings. The van der Waals surface area contributed by atoms with Crippen LogP contribution in [0.3, 0.4) is 0 Å². The Morgan fingerprint density at radius 1 is 0.541 bits per heavy atom. The number of primary amides is 1. The van der Waals surface area contributed by atoms with E-state index in [1.165, 1.54) is 52.2 Å². The lowest BCUT2D eigenvalue weighted by molar-refractivity contribution is -0.152. The van der Waals surface area contributed by atoms with Crippen molar-refractivity contribution in [2.75, 3.05) is 58.9 Å². The molecule has 1 aromatic heterocycles. The van der Waals surface area contributed by atoms with Gasteiger partial charge in [-0.15, -0.1) is 11.8 Å². The van der Waals surface area contributed by atoms with Gasteiger partial charge in [0.25, 0.3) is 0 Å². The van der Waals surface area contributed by atoms with Gasteiger partial charge in [0.2, 0.25) is 88.6 Å². The number of nitrogens with two attached hydrogens (primary N) is 1. The van der Waals surface area contributed by atoms with Crippen LogP contribution in [0.1, 0.15) is 113 Å². The minimum atomic E-state index is -2.06. The average Bonchev–Trinajstić information content (AvgIpc) is 1.76. The van der Waals surface area contributed by atoms with Gasteiger partial charge in [0.05, 0.1) is 24.8 Å². The zero-order chi connectivity index (χ0) is 97.2. The summed E-state index contributed by atoms with van der Waals surface area (Å²) >= 11 is 0.602. The van der Waals surface area contributed by atoms with Crippen molar-refractivity contribution in [1.82, 2.24) is 77.3 Å². The highest BCUT2D eigenvalue weighted by atomic mass is 32.2. The molecule has 0 saturated carbocycles. The predicted octanol–water partition coefficient (Wildman–Crippen LogP) is 0.0327. The zero-order valence-corrected chi connectivity index (χ0v) is 75.0. The van der Waals surface area contributed by atoms with E-state index in [-0.39, 0.29) is 62.8 Å². The number of hydrogen-bond donors (Lipinski definition) is 16. The van der Waals surface area contributed by atoms with Crippen molar-refractivity contribution >= 4 is 123 Å². The van der Waals surface area contributed by atoms with Gasteiger partial charge in [-0.2, -0.15) is 0 Å². The number of carbonyl (C=O) groups is 17. The number of nitrogens with one attached hydrogen (secondary N) is 10. The third-order valence-corrected chi connectivity index (χ3v) is 24.4. The number of aromatic amines is 1. The number of phenolic OH excluding ortho intramolecular Hbond substituents is 1. The van der Waals surface area contributed by atoms with Gasteiger partial charge >= 0.3 is 11.9 Å². The summed E-state index contributed by atoms with van der Waals surface area (Å²) < 4.78 is 45.0. The quantitative estimate of drug-likeness (QED) is 0.0356. The van der Waals surface area contributed by atoms with Crippen LogP contribution in [0, 0.1) is 23.4 Å². The number of aliphatic carboxylic acids is 2. The lowest BCUT2D eigenvalue weighted by Gasteiger charge is -2.38. The second kappa shape index (κ2) is 48.6. The largest absolute Gasteiger partial charge is 0.508 e. The number of para-hydroxylation sites is 1. The highest BCUT2D eigenvalue weighted by Gasteiger charge is 2.48. The Kier molecular flexibility index (Phi) is 37.7. The van der Waals surface area contributed by atoms with Gasteiger partial charge in [-0.25, -0.2) is 13.2 Å². The molecule has 716 valence electrons. The maximum atomic E-state index is 15.7. The molecule has 3 saturated heterocycles. The number of carboxylic acids is 2. The minimum Gasteiger partial charge on any atom is -0.508 e. The number of benzene rings is 5. The number of aliphatic hydroxyl groups excluding tert-OH is 2. The molecule has 17 N–H and O–H groups in total. The number of hydrogen-bond acceptors (Lipinski definition) is 21. The number of unbranched alkanes of at least 4 members (excludes halogenated alkanes) is 1. The van der Waals surface area contributed by atoms with Gasteiger partial charge in [0.1, 0.15) is 84.3 Å². The van der Waals surface area contributed by atoms with Crippen molar-refractivity contribution in [3.8, 4) is 5.75 Å². The number of carbonyl (C=O) groups excluding carboxylic acids is 15. The molecule has 0 spiro atoms. The number of phenols is 1. The highest BCUT2D eigenvalue weighted by molar-refractivity contribution is 8.00. The first kappa shape index (κ1) is 103. The molecule has 42 heteroatoms. The average molecular weight is 1870 g/mol. The summed E-state index contributed by atoms with van der Waals surface area (Å²) in [5, 5.41) is 76.0. The third kappa shape index (κ3) is 28.5. The summed E-state index contributed by atoms with van der Waals surface area (Å²) in [7, 11) is 3.55. The number of likely N-dealkylation sites (N-methyl/N-ethyl adjacent to an activating group) is 3. The number of rotatable bonds is 24. The van der Waals surface area contributed by atoms with Crippen LogP contribution in [0.2, 0.25) is 0 Å². The summed E-state index contributed by atoms with van der Waals surface area (Å²) in [5.41, 5.74) is 7.15. The number of nitrogens with zero attached hydrogens (tertiary/aromatic N) is 5. The van der Waals surface area contributed by atoms with Crippen molar-refractivity contribution < 1.29 is 120 Å². The SMILES string of the molecule is CCCC[C@H]1C(=O)N2C[C@H](O)C[C@@H]2C(=O)N[C@@H](CC(=O)O)C(=O)N[C@@H](C(C)C)C(=O)N(C)[C@H](Cc2ccccc2)C(=O)N[C@@H](CCC(=O)O)C(=O)N2CCC[C@@H]2C(=O)N[C@@H](Cc2c[nH]c3ccccc23)C(=O)N[C@@H](Cc2ccc(O)cc2)C(=O)N[C@H](CCO)C(=O)N[C@H](C(=O)NCC(N)=O)CSCC(=O)N[C@H](Cc2cc(F)c(F)c(F)c2)C(=O)N(C)[C@@H](Cc2ccccc2)C(=O)N1C. The molecule has 3 aliphatic rings. The van der Waals surface area contributed by atoms with Crippen LogP contribution in [0.25, 0.3) is 10.9 Å². The number of aromatic nitrogens is 1. The molecule has 0 radical (unpaired) electrons. The second-order valence-electron chi connectivity index (χ2n) is 33.5. The highest BCUT2D eigenvalue weighted by Crippen LogP contribution is 2.29. The van der Waals surface area contributed by atoms with Crippen LogP contribution in [0.15, 0.2) is 128 Å². The van der Waals surface area contributed by atoms with Crippen molar-refractivity contribution in [3.63, 3.8) is 0 Å². The maximum absolute atomic E-state index is 15.7. The third-order valence-electron chi connectivity index (χ3n) is 23.4. The zero-order valence-electron chi connectivity index (χ0n) is 74.2. The van der Waals surface area contributed by atoms with E-state index in [9.17, 15) is 68.3 Å². The van der Waals surface area contributed by atoms with E-state index in [0.717, 1.165) is 31.5 Å². The fourth-order valence-electron chi connectivity index (χ4n) is 16.2. The number of amides is 15. The van der Waals surface area contributed by atoms with Crippen LogP contribution in [-0.4, -0.2) is 299 Å². The van der Waals surface area contributed by atoms with Gasteiger partial charge in [-0.1, -0.05) is 125 Å². The van der Waals surface area contributed by atoms with Crippen LogP contribution in [-0.2, 0) is 114 Å². The van der Waals surface area contributed by atoms with E-state index >= 15 is 51.9 Å². The molecule has 0 unspecified atom stereocenters. The Morgan fingerprint density at radius 2 is 1.09 bits per heavy atom. The Balaban J connectivity index is 1.13. The topological polar surface area (TPSA) is 558 Å². The number of thioether (sulfide) groups is 1.